The lowest BCUT2D eigenvalue weighted by Crippen LogP contribution is -2.31. The van der Waals surface area contributed by atoms with E-state index in [0.29, 0.717) is 0 Å². The summed E-state index contributed by atoms with van der Waals surface area (Å²) in [6.07, 6.45) is -3.03. The minimum absolute atomic E-state index is 0.0413. The van der Waals surface area contributed by atoms with Gasteiger partial charge in [0.05, 0.1) is 18.8 Å². The van der Waals surface area contributed by atoms with Crippen molar-refractivity contribution in [3.8, 4) is 11.1 Å². The Morgan fingerprint density at radius 3 is 2.15 bits per heavy atom. The van der Waals surface area contributed by atoms with E-state index >= 15 is 0 Å². The van der Waals surface area contributed by atoms with Crippen LogP contribution in [-0.2, 0) is 9.47 Å². The van der Waals surface area contributed by atoms with E-state index in [0.717, 1.165) is 22.3 Å². The molecule has 2 unspecified atom stereocenters. The number of hydrogen-bond donors (Lipinski definition) is 3. The molecule has 0 spiro atoms. The number of benzene rings is 3. The first kappa shape index (κ1) is 23.5. The van der Waals surface area contributed by atoms with Gasteiger partial charge in [0.1, 0.15) is 12.7 Å². The maximum absolute atomic E-state index is 12.3. The van der Waals surface area contributed by atoms with Gasteiger partial charge in [-0.3, -0.25) is 0 Å². The van der Waals surface area contributed by atoms with Crippen LogP contribution in [0.1, 0.15) is 45.5 Å². The third-order valence-electron chi connectivity index (χ3n) is 6.10. The van der Waals surface area contributed by atoms with Gasteiger partial charge < -0.3 is 25.0 Å². The molecule has 1 amide bonds. The van der Waals surface area contributed by atoms with Crippen molar-refractivity contribution in [2.24, 2.45) is 0 Å². The number of hydrogen-bond acceptors (Lipinski definition) is 6. The lowest BCUT2D eigenvalue weighted by Gasteiger charge is -2.20. The molecule has 0 heterocycles. The second kappa shape index (κ2) is 10.5. The van der Waals surface area contributed by atoms with Crippen LogP contribution >= 0.6 is 0 Å². The zero-order chi connectivity index (χ0) is 24.1. The van der Waals surface area contributed by atoms with Crippen molar-refractivity contribution < 1.29 is 29.3 Å². The maximum atomic E-state index is 12.3. The van der Waals surface area contributed by atoms with E-state index in [1.54, 1.807) is 18.2 Å². The summed E-state index contributed by atoms with van der Waals surface area (Å²) in [4.78, 5) is 24.2. The van der Waals surface area contributed by atoms with Crippen LogP contribution in [0.15, 0.2) is 72.8 Å². The van der Waals surface area contributed by atoms with Crippen LogP contribution in [-0.4, -0.2) is 48.6 Å². The number of alkyl carbamates (subject to hydrolysis) is 1. The lowest BCUT2D eigenvalue weighted by molar-refractivity contribution is 0.0125. The molecular formula is C27H27NO6. The largest absolute Gasteiger partial charge is 0.465 e. The van der Waals surface area contributed by atoms with Gasteiger partial charge in [0, 0.05) is 12.5 Å². The minimum Gasteiger partial charge on any atom is -0.465 e. The molecule has 34 heavy (non-hydrogen) atoms. The normalized spacial score (nSPS) is 14.0. The molecule has 0 aliphatic heterocycles. The number of methoxy groups -OCH3 is 1. The number of aliphatic hydroxyl groups is 2. The van der Waals surface area contributed by atoms with Gasteiger partial charge in [0.25, 0.3) is 0 Å². The van der Waals surface area contributed by atoms with E-state index in [1.807, 2.05) is 36.4 Å². The first-order chi connectivity index (χ1) is 16.5. The van der Waals surface area contributed by atoms with Crippen LogP contribution in [0.3, 0.4) is 0 Å². The number of nitrogens with one attached hydrogen (secondary N) is 1. The topological polar surface area (TPSA) is 105 Å². The van der Waals surface area contributed by atoms with Crippen molar-refractivity contribution in [1.82, 2.24) is 5.32 Å². The standard InChI is InChI=1S/C27H27NO6/c1-33-26(31)22-13-7-6-12-21(22)25(30)24(29)14-15-28-27(32)34-16-23-19-10-4-2-8-17(19)18-9-3-5-11-20(18)23/h2-13,23-25,29-30H,14-16H2,1H3,(H,28,32). The van der Waals surface area contributed by atoms with Crippen molar-refractivity contribution in [2.45, 2.75) is 24.5 Å². The first-order valence-corrected chi connectivity index (χ1v) is 11.1. The number of aliphatic hydroxyl groups excluding tert-OH is 2. The molecule has 7 heteroatoms. The summed E-state index contributed by atoms with van der Waals surface area (Å²) < 4.78 is 10.2. The van der Waals surface area contributed by atoms with E-state index in [9.17, 15) is 19.8 Å². The van der Waals surface area contributed by atoms with Crippen LogP contribution in [0.4, 0.5) is 4.79 Å². The molecule has 7 nitrogen and oxygen atoms in total. The number of esters is 1. The Labute approximate surface area is 198 Å². The van der Waals surface area contributed by atoms with Gasteiger partial charge in [0.2, 0.25) is 0 Å². The van der Waals surface area contributed by atoms with Gasteiger partial charge in [-0.2, -0.15) is 0 Å². The molecule has 3 N–H and O–H groups in total. The fraction of sp³-hybridized carbons (Fsp3) is 0.259. The Hall–Kier alpha value is -3.68. The predicted molar refractivity (Wildman–Crippen MR) is 126 cm³/mol. The van der Waals surface area contributed by atoms with E-state index in [2.05, 4.69) is 17.4 Å². The summed E-state index contributed by atoms with van der Waals surface area (Å²) in [5.41, 5.74) is 5.00. The summed E-state index contributed by atoms with van der Waals surface area (Å²) in [7, 11) is 1.25. The lowest BCUT2D eigenvalue weighted by atomic mass is 9.97. The second-order valence-electron chi connectivity index (χ2n) is 8.13. The molecule has 0 radical (unpaired) electrons. The quantitative estimate of drug-likeness (QED) is 0.441. The Kier molecular flexibility index (Phi) is 7.25. The van der Waals surface area contributed by atoms with Crippen LogP contribution < -0.4 is 5.32 Å². The number of ether oxygens (including phenoxy) is 2. The van der Waals surface area contributed by atoms with Gasteiger partial charge >= 0.3 is 12.1 Å². The molecule has 1 aliphatic rings. The molecule has 0 bridgehead atoms. The Bertz CT molecular complexity index is 1130. The van der Waals surface area contributed by atoms with Gasteiger partial charge in [0.15, 0.2) is 0 Å². The summed E-state index contributed by atoms with van der Waals surface area (Å²) >= 11 is 0. The molecule has 0 fully saturated rings. The Morgan fingerprint density at radius 2 is 1.50 bits per heavy atom. The average molecular weight is 462 g/mol. The summed E-state index contributed by atoms with van der Waals surface area (Å²) in [6.45, 7) is 0.285. The molecule has 0 aromatic heterocycles. The summed E-state index contributed by atoms with van der Waals surface area (Å²) in [5.74, 6) is -0.640. The predicted octanol–water partition coefficient (Wildman–Crippen LogP) is 3.80. The fourth-order valence-corrected chi connectivity index (χ4v) is 4.39. The molecule has 3 aromatic rings. The number of fused-ring (bicyclic) bond motifs is 3. The highest BCUT2D eigenvalue weighted by Crippen LogP contribution is 2.44. The van der Waals surface area contributed by atoms with Gasteiger partial charge in [-0.15, -0.1) is 0 Å². The Morgan fingerprint density at radius 1 is 0.912 bits per heavy atom. The van der Waals surface area contributed by atoms with Crippen LogP contribution in [0.25, 0.3) is 11.1 Å². The minimum atomic E-state index is -1.31. The number of amides is 1. The zero-order valence-electron chi connectivity index (χ0n) is 18.8. The second-order valence-corrected chi connectivity index (χ2v) is 8.13. The van der Waals surface area contributed by atoms with E-state index in [-0.39, 0.29) is 36.6 Å². The van der Waals surface area contributed by atoms with Crippen molar-refractivity contribution in [1.29, 1.82) is 0 Å². The van der Waals surface area contributed by atoms with Crippen LogP contribution in [0, 0.1) is 0 Å². The number of carbonyl (C=O) groups excluding carboxylic acids is 2. The highest BCUT2D eigenvalue weighted by molar-refractivity contribution is 5.91. The maximum Gasteiger partial charge on any atom is 0.407 e. The van der Waals surface area contributed by atoms with Crippen molar-refractivity contribution >= 4 is 12.1 Å². The average Bonchev–Trinajstić information content (AvgIpc) is 3.20. The van der Waals surface area contributed by atoms with Crippen molar-refractivity contribution in [3.63, 3.8) is 0 Å². The zero-order valence-corrected chi connectivity index (χ0v) is 18.8. The molecule has 3 aromatic carbocycles. The number of rotatable bonds is 8. The van der Waals surface area contributed by atoms with Crippen LogP contribution in [0.2, 0.25) is 0 Å². The Balaban J connectivity index is 1.30. The van der Waals surface area contributed by atoms with Crippen molar-refractivity contribution in [3.05, 3.63) is 95.1 Å². The molecule has 1 aliphatic carbocycles. The summed E-state index contributed by atoms with van der Waals surface area (Å²) in [5, 5.41) is 23.5. The van der Waals surface area contributed by atoms with Gasteiger partial charge in [-0.05, 0) is 40.3 Å². The molecule has 0 saturated heterocycles. The molecule has 4 rings (SSSR count). The monoisotopic (exact) mass is 461 g/mol. The first-order valence-electron chi connectivity index (χ1n) is 11.1. The van der Waals surface area contributed by atoms with E-state index in [1.165, 1.54) is 13.2 Å². The molecule has 2 atom stereocenters. The van der Waals surface area contributed by atoms with Crippen LogP contribution in [0.5, 0.6) is 0 Å². The van der Waals surface area contributed by atoms with Gasteiger partial charge in [-0.25, -0.2) is 9.59 Å². The summed E-state index contributed by atoms with van der Waals surface area (Å²) in [6, 6.07) is 22.6. The van der Waals surface area contributed by atoms with E-state index < -0.39 is 24.3 Å². The van der Waals surface area contributed by atoms with E-state index in [4.69, 9.17) is 9.47 Å². The van der Waals surface area contributed by atoms with Crippen molar-refractivity contribution in [2.75, 3.05) is 20.3 Å². The highest BCUT2D eigenvalue weighted by atomic mass is 16.5. The number of carbonyl (C=O) groups is 2. The molecule has 0 saturated carbocycles. The molecular weight excluding hydrogens is 434 g/mol. The third kappa shape index (κ3) is 4.81. The highest BCUT2D eigenvalue weighted by Gasteiger charge is 2.29. The third-order valence-corrected chi connectivity index (χ3v) is 6.10. The van der Waals surface area contributed by atoms with Gasteiger partial charge in [-0.1, -0.05) is 66.7 Å². The SMILES string of the molecule is COC(=O)c1ccccc1C(O)C(O)CCNC(=O)OCC1c2ccccc2-c2ccccc21. The fourth-order valence-electron chi connectivity index (χ4n) is 4.39. The smallest absolute Gasteiger partial charge is 0.407 e. The molecule has 176 valence electrons.